The van der Waals surface area contributed by atoms with Crippen LogP contribution >= 0.6 is 39.5 Å². The summed E-state index contributed by atoms with van der Waals surface area (Å²) in [7, 11) is 0. The Morgan fingerprint density at radius 3 is 2.51 bits per heavy atom. The Balaban J connectivity index is 1.57. The molecule has 0 spiro atoms. The molecule has 3 aromatic heterocycles. The number of thioether (sulfide) groups is 2. The molecule has 5 aromatic rings. The molecule has 0 saturated heterocycles. The van der Waals surface area contributed by atoms with Gasteiger partial charge < -0.3 is 19.1 Å². The van der Waals surface area contributed by atoms with Crippen LogP contribution in [0.2, 0.25) is 0 Å². The largest absolute Gasteiger partial charge is 0.467 e. The Kier molecular flexibility index (Phi) is 8.40. The maximum absolute atomic E-state index is 13.9. The number of furan rings is 2. The number of aryl methyl sites for hydroxylation is 2. The standard InChI is InChI=1S/C30H28BrN3O3S2/c1-18-7-12-24-23(14-18)27(20-8-10-21(31)11-9-20)25(37-24)17-34(16-22-6-5-13-36-22)30(35)33-28-26(38-3)15-19(2)32-29(28)39-4/h5-15H,16-17H2,1-4H3,(H,33,35). The van der Waals surface area contributed by atoms with Gasteiger partial charge in [-0.05, 0) is 74.4 Å². The van der Waals surface area contributed by atoms with E-state index < -0.39 is 0 Å². The zero-order valence-corrected chi connectivity index (χ0v) is 25.3. The lowest BCUT2D eigenvalue weighted by atomic mass is 10.0. The highest BCUT2D eigenvalue weighted by Crippen LogP contribution is 2.38. The first kappa shape index (κ1) is 27.4. The number of pyridine rings is 1. The smallest absolute Gasteiger partial charge is 0.322 e. The van der Waals surface area contributed by atoms with Crippen LogP contribution in [0.25, 0.3) is 22.1 Å². The minimum absolute atomic E-state index is 0.244. The van der Waals surface area contributed by atoms with Crippen LogP contribution in [0.5, 0.6) is 0 Å². The quantitative estimate of drug-likeness (QED) is 0.174. The van der Waals surface area contributed by atoms with Crippen molar-refractivity contribution in [2.75, 3.05) is 17.8 Å². The fourth-order valence-corrected chi connectivity index (χ4v) is 6.06. The maximum Gasteiger partial charge on any atom is 0.322 e. The summed E-state index contributed by atoms with van der Waals surface area (Å²) in [6.07, 6.45) is 5.57. The Labute approximate surface area is 244 Å². The van der Waals surface area contributed by atoms with Gasteiger partial charge in [0.15, 0.2) is 0 Å². The molecule has 1 N–H and O–H groups in total. The summed E-state index contributed by atoms with van der Waals surface area (Å²) in [4.78, 5) is 21.2. The lowest BCUT2D eigenvalue weighted by molar-refractivity contribution is 0.196. The summed E-state index contributed by atoms with van der Waals surface area (Å²) < 4.78 is 13.0. The molecular formula is C30H28BrN3O3S2. The first-order valence-electron chi connectivity index (χ1n) is 12.3. The third-order valence-corrected chi connectivity index (χ3v) is 8.29. The second-order valence-electron chi connectivity index (χ2n) is 9.12. The van der Waals surface area contributed by atoms with Gasteiger partial charge in [-0.15, -0.1) is 23.5 Å². The fraction of sp³-hybridized carbons (Fsp3) is 0.200. The molecule has 9 heteroatoms. The highest BCUT2D eigenvalue weighted by Gasteiger charge is 2.24. The van der Waals surface area contributed by atoms with Crippen molar-refractivity contribution in [3.63, 3.8) is 0 Å². The Morgan fingerprint density at radius 2 is 1.82 bits per heavy atom. The SMILES string of the molecule is CSc1cc(C)nc(SC)c1NC(=O)N(Cc1ccco1)Cc1oc2ccc(C)cc2c1-c1ccc(Br)cc1. The van der Waals surface area contributed by atoms with Gasteiger partial charge in [0, 0.05) is 26.0 Å². The molecule has 0 bridgehead atoms. The van der Waals surface area contributed by atoms with E-state index in [2.05, 4.69) is 51.4 Å². The third kappa shape index (κ3) is 6.05. The van der Waals surface area contributed by atoms with Crippen molar-refractivity contribution in [3.05, 3.63) is 94.2 Å². The van der Waals surface area contributed by atoms with Crippen molar-refractivity contribution in [3.8, 4) is 11.1 Å². The summed E-state index contributed by atoms with van der Waals surface area (Å²) in [5, 5.41) is 4.94. The van der Waals surface area contributed by atoms with E-state index in [0.29, 0.717) is 17.2 Å². The number of aromatic nitrogens is 1. The number of benzene rings is 2. The van der Waals surface area contributed by atoms with Crippen molar-refractivity contribution in [1.82, 2.24) is 9.88 Å². The summed E-state index contributed by atoms with van der Waals surface area (Å²) in [5.41, 5.74) is 5.54. The van der Waals surface area contributed by atoms with E-state index in [1.54, 1.807) is 22.9 Å². The lowest BCUT2D eigenvalue weighted by Crippen LogP contribution is -2.34. The number of fused-ring (bicyclic) bond motifs is 1. The first-order chi connectivity index (χ1) is 18.9. The van der Waals surface area contributed by atoms with Gasteiger partial charge >= 0.3 is 6.03 Å². The molecule has 0 aliphatic rings. The predicted octanol–water partition coefficient (Wildman–Crippen LogP) is 9.15. The number of halogens is 1. The third-order valence-electron chi connectivity index (χ3n) is 6.32. The van der Waals surface area contributed by atoms with Crippen LogP contribution in [-0.4, -0.2) is 28.4 Å². The molecule has 0 aliphatic carbocycles. The van der Waals surface area contributed by atoms with Crippen molar-refractivity contribution in [2.45, 2.75) is 36.9 Å². The molecule has 3 heterocycles. The zero-order chi connectivity index (χ0) is 27.5. The van der Waals surface area contributed by atoms with E-state index in [4.69, 9.17) is 8.83 Å². The number of hydrogen-bond donors (Lipinski definition) is 1. The summed E-state index contributed by atoms with van der Waals surface area (Å²) in [6, 6.07) is 19.7. The van der Waals surface area contributed by atoms with Crippen molar-refractivity contribution < 1.29 is 13.6 Å². The molecule has 0 unspecified atom stereocenters. The number of amides is 2. The highest BCUT2D eigenvalue weighted by molar-refractivity contribution is 9.10. The minimum Gasteiger partial charge on any atom is -0.467 e. The monoisotopic (exact) mass is 621 g/mol. The van der Waals surface area contributed by atoms with Crippen LogP contribution in [0, 0.1) is 13.8 Å². The van der Waals surface area contributed by atoms with Gasteiger partial charge in [0.2, 0.25) is 0 Å². The maximum atomic E-state index is 13.9. The zero-order valence-electron chi connectivity index (χ0n) is 22.1. The molecule has 200 valence electrons. The summed E-state index contributed by atoms with van der Waals surface area (Å²) in [5.74, 6) is 1.39. The molecule has 5 rings (SSSR count). The second kappa shape index (κ2) is 11.9. The summed E-state index contributed by atoms with van der Waals surface area (Å²) >= 11 is 6.63. The van der Waals surface area contributed by atoms with Gasteiger partial charge in [-0.2, -0.15) is 0 Å². The molecule has 0 radical (unpaired) electrons. The van der Waals surface area contributed by atoms with Gasteiger partial charge in [0.1, 0.15) is 22.1 Å². The number of rotatable bonds is 8. The molecule has 39 heavy (non-hydrogen) atoms. The van der Waals surface area contributed by atoms with Gasteiger partial charge in [-0.1, -0.05) is 39.7 Å². The van der Waals surface area contributed by atoms with E-state index in [9.17, 15) is 4.79 Å². The molecule has 0 fully saturated rings. The number of urea groups is 1. The average molecular weight is 623 g/mol. The molecule has 2 aromatic carbocycles. The fourth-order valence-electron chi connectivity index (χ4n) is 4.50. The van der Waals surface area contributed by atoms with E-state index in [0.717, 1.165) is 47.7 Å². The van der Waals surface area contributed by atoms with Gasteiger partial charge in [0.25, 0.3) is 0 Å². The number of hydrogen-bond acceptors (Lipinski definition) is 6. The minimum atomic E-state index is -0.263. The number of carbonyl (C=O) groups is 1. The Hall–Kier alpha value is -3.14. The number of carbonyl (C=O) groups excluding carboxylic acids is 1. The molecule has 0 aliphatic heterocycles. The predicted molar refractivity (Wildman–Crippen MR) is 164 cm³/mol. The van der Waals surface area contributed by atoms with Crippen molar-refractivity contribution in [1.29, 1.82) is 0 Å². The molecule has 6 nitrogen and oxygen atoms in total. The van der Waals surface area contributed by atoms with E-state index >= 15 is 0 Å². The van der Waals surface area contributed by atoms with Crippen LogP contribution in [0.1, 0.15) is 22.8 Å². The number of anilines is 1. The average Bonchev–Trinajstić information content (AvgIpc) is 3.56. The normalized spacial score (nSPS) is 11.2. The van der Waals surface area contributed by atoms with Gasteiger partial charge in [0.05, 0.1) is 25.0 Å². The molecule has 0 atom stereocenters. The van der Waals surface area contributed by atoms with E-state index in [1.807, 2.05) is 61.9 Å². The van der Waals surface area contributed by atoms with E-state index in [-0.39, 0.29) is 19.1 Å². The van der Waals surface area contributed by atoms with Crippen LogP contribution < -0.4 is 5.32 Å². The summed E-state index contributed by atoms with van der Waals surface area (Å²) in [6.45, 7) is 4.54. The Morgan fingerprint density at radius 1 is 1.03 bits per heavy atom. The van der Waals surface area contributed by atoms with Crippen molar-refractivity contribution in [2.24, 2.45) is 0 Å². The van der Waals surface area contributed by atoms with Gasteiger partial charge in [-0.25, -0.2) is 9.78 Å². The number of nitrogens with zero attached hydrogens (tertiary/aromatic N) is 2. The van der Waals surface area contributed by atoms with Crippen LogP contribution in [0.3, 0.4) is 0 Å². The number of nitrogens with one attached hydrogen (secondary N) is 1. The van der Waals surface area contributed by atoms with Crippen LogP contribution in [-0.2, 0) is 13.1 Å². The molecular weight excluding hydrogens is 594 g/mol. The Bertz CT molecular complexity index is 1590. The first-order valence-corrected chi connectivity index (χ1v) is 15.6. The van der Waals surface area contributed by atoms with Crippen molar-refractivity contribution >= 4 is 62.1 Å². The molecule has 2 amide bonds. The van der Waals surface area contributed by atoms with E-state index in [1.165, 1.54) is 11.8 Å². The topological polar surface area (TPSA) is 71.5 Å². The second-order valence-corrected chi connectivity index (χ2v) is 11.7. The molecule has 0 saturated carbocycles. The highest BCUT2D eigenvalue weighted by atomic mass is 79.9. The lowest BCUT2D eigenvalue weighted by Gasteiger charge is -2.23. The van der Waals surface area contributed by atoms with Gasteiger partial charge in [-0.3, -0.25) is 0 Å². The van der Waals surface area contributed by atoms with Crippen LogP contribution in [0.15, 0.2) is 90.2 Å². The van der Waals surface area contributed by atoms with Crippen LogP contribution in [0.4, 0.5) is 10.5 Å².